The molecular formula is C22H34N2O3. The van der Waals surface area contributed by atoms with E-state index in [1.807, 2.05) is 6.07 Å². The number of fused-ring (bicyclic) bond motifs is 1. The molecule has 4 rings (SSSR count). The topological polar surface area (TPSA) is 86.8 Å². The smallest absolute Gasteiger partial charge is 0.320 e. The summed E-state index contributed by atoms with van der Waals surface area (Å²) in [5.74, 6) is 0.358. The van der Waals surface area contributed by atoms with E-state index in [1.165, 1.54) is 56.2 Å². The van der Waals surface area contributed by atoms with E-state index in [0.29, 0.717) is 11.2 Å². The number of phenolic OH excluding ortho intramolecular Hbond substituents is 1. The number of hydrogen-bond acceptors (Lipinski definition) is 4. The minimum Gasteiger partial charge on any atom is -0.508 e. The SMILES string of the molecule is CC(C)[C@H](N)C(=O)O.CN1CC[C@]23CCCC[C@H]2[C@H]1Cc1ccc(O)cc13. The molecule has 1 aromatic rings. The predicted octanol–water partition coefficient (Wildman–Crippen LogP) is 3.13. The van der Waals surface area contributed by atoms with Crippen molar-refractivity contribution in [1.82, 2.24) is 4.90 Å². The first kappa shape index (κ1) is 20.2. The Morgan fingerprint density at radius 3 is 2.67 bits per heavy atom. The molecule has 4 atom stereocenters. The summed E-state index contributed by atoms with van der Waals surface area (Å²) in [5, 5.41) is 18.1. The number of nitrogens with two attached hydrogens (primary N) is 1. The molecule has 5 heteroatoms. The van der Waals surface area contributed by atoms with Crippen molar-refractivity contribution in [3.05, 3.63) is 29.3 Å². The first-order valence-electron chi connectivity index (χ1n) is 10.3. The molecule has 0 aromatic heterocycles. The average Bonchev–Trinajstić information content (AvgIpc) is 2.65. The van der Waals surface area contributed by atoms with Crippen LogP contribution in [0.3, 0.4) is 0 Å². The number of nitrogens with zero attached hydrogens (tertiary/aromatic N) is 1. The van der Waals surface area contributed by atoms with Gasteiger partial charge in [-0.3, -0.25) is 4.79 Å². The number of phenols is 1. The number of carbonyl (C=O) groups is 1. The van der Waals surface area contributed by atoms with Gasteiger partial charge < -0.3 is 20.8 Å². The maximum absolute atomic E-state index is 10.0. The Kier molecular flexibility index (Phi) is 5.82. The van der Waals surface area contributed by atoms with E-state index in [2.05, 4.69) is 24.1 Å². The van der Waals surface area contributed by atoms with Crippen molar-refractivity contribution in [2.24, 2.45) is 17.6 Å². The number of carboxylic acid groups (broad SMARTS) is 1. The summed E-state index contributed by atoms with van der Waals surface area (Å²) in [7, 11) is 2.30. The summed E-state index contributed by atoms with van der Waals surface area (Å²) in [6, 6.07) is 6.13. The van der Waals surface area contributed by atoms with Gasteiger partial charge in [0.15, 0.2) is 0 Å². The lowest BCUT2D eigenvalue weighted by molar-refractivity contribution is -0.139. The second-order valence-electron chi connectivity index (χ2n) is 8.96. The Bertz CT molecular complexity index is 690. The lowest BCUT2D eigenvalue weighted by atomic mass is 9.52. The number of piperidine rings is 1. The molecular weight excluding hydrogens is 340 g/mol. The van der Waals surface area contributed by atoms with Crippen molar-refractivity contribution in [3.8, 4) is 5.75 Å². The fraction of sp³-hybridized carbons (Fsp3) is 0.682. The highest BCUT2D eigenvalue weighted by atomic mass is 16.4. The third-order valence-corrected chi connectivity index (χ3v) is 7.10. The fourth-order valence-corrected chi connectivity index (χ4v) is 5.47. The second-order valence-corrected chi connectivity index (χ2v) is 8.96. The van der Waals surface area contributed by atoms with Crippen molar-refractivity contribution in [2.75, 3.05) is 13.6 Å². The summed E-state index contributed by atoms with van der Waals surface area (Å²) >= 11 is 0. The third kappa shape index (κ3) is 3.72. The number of rotatable bonds is 2. The molecule has 0 amide bonds. The molecule has 0 radical (unpaired) electrons. The van der Waals surface area contributed by atoms with Crippen LogP contribution in [0.2, 0.25) is 0 Å². The average molecular weight is 375 g/mol. The first-order valence-corrected chi connectivity index (χ1v) is 10.3. The molecule has 2 aliphatic carbocycles. The van der Waals surface area contributed by atoms with Gasteiger partial charge >= 0.3 is 5.97 Å². The number of carboxylic acids is 1. The van der Waals surface area contributed by atoms with Crippen LogP contribution in [0.15, 0.2) is 18.2 Å². The van der Waals surface area contributed by atoms with E-state index < -0.39 is 12.0 Å². The van der Waals surface area contributed by atoms with Gasteiger partial charge in [0, 0.05) is 11.5 Å². The van der Waals surface area contributed by atoms with Crippen LogP contribution in [0.25, 0.3) is 0 Å². The number of aromatic hydroxyl groups is 1. The molecule has 2 fully saturated rings. The largest absolute Gasteiger partial charge is 0.508 e. The summed E-state index contributed by atoms with van der Waals surface area (Å²) < 4.78 is 0. The van der Waals surface area contributed by atoms with Gasteiger partial charge in [0.1, 0.15) is 11.8 Å². The maximum atomic E-state index is 10.0. The van der Waals surface area contributed by atoms with Crippen molar-refractivity contribution in [2.45, 2.75) is 69.9 Å². The fourth-order valence-electron chi connectivity index (χ4n) is 5.47. The highest BCUT2D eigenvalue weighted by Gasteiger charge is 2.52. The first-order chi connectivity index (χ1) is 12.8. The highest BCUT2D eigenvalue weighted by molar-refractivity contribution is 5.73. The molecule has 3 aliphatic rings. The molecule has 1 saturated carbocycles. The zero-order valence-corrected chi connectivity index (χ0v) is 16.8. The van der Waals surface area contributed by atoms with Gasteiger partial charge in [-0.2, -0.15) is 0 Å². The van der Waals surface area contributed by atoms with Crippen LogP contribution in [0.5, 0.6) is 5.75 Å². The van der Waals surface area contributed by atoms with E-state index in [1.54, 1.807) is 13.8 Å². The number of likely N-dealkylation sites (N-methyl/N-ethyl adjacent to an activating group) is 1. The molecule has 0 unspecified atom stereocenters. The van der Waals surface area contributed by atoms with Crippen LogP contribution in [0.4, 0.5) is 0 Å². The lowest BCUT2D eigenvalue weighted by Crippen LogP contribution is -2.59. The molecule has 27 heavy (non-hydrogen) atoms. The highest BCUT2D eigenvalue weighted by Crippen LogP contribution is 2.55. The van der Waals surface area contributed by atoms with E-state index >= 15 is 0 Å². The molecule has 1 aliphatic heterocycles. The number of hydrogen-bond donors (Lipinski definition) is 3. The maximum Gasteiger partial charge on any atom is 0.320 e. The quantitative estimate of drug-likeness (QED) is 0.740. The number of benzene rings is 1. The van der Waals surface area contributed by atoms with Crippen molar-refractivity contribution >= 4 is 5.97 Å². The van der Waals surface area contributed by atoms with Gasteiger partial charge in [-0.1, -0.05) is 32.8 Å². The van der Waals surface area contributed by atoms with Crippen LogP contribution < -0.4 is 5.73 Å². The minimum absolute atomic E-state index is 0.0208. The second kappa shape index (κ2) is 7.80. The van der Waals surface area contributed by atoms with Crippen LogP contribution in [-0.2, 0) is 16.6 Å². The van der Waals surface area contributed by atoms with E-state index in [4.69, 9.17) is 10.8 Å². The predicted molar refractivity (Wildman–Crippen MR) is 107 cm³/mol. The van der Waals surface area contributed by atoms with Crippen LogP contribution in [0, 0.1) is 11.8 Å². The Labute approximate surface area is 162 Å². The molecule has 150 valence electrons. The zero-order chi connectivity index (χ0) is 19.8. The minimum atomic E-state index is -0.931. The molecule has 1 aromatic carbocycles. The Morgan fingerprint density at radius 1 is 1.30 bits per heavy atom. The van der Waals surface area contributed by atoms with Crippen LogP contribution in [-0.4, -0.2) is 46.8 Å². The third-order valence-electron chi connectivity index (χ3n) is 7.10. The number of likely N-dealkylation sites (tertiary alicyclic amines) is 1. The van der Waals surface area contributed by atoms with E-state index in [0.717, 1.165) is 12.0 Å². The van der Waals surface area contributed by atoms with Gasteiger partial charge in [0.25, 0.3) is 0 Å². The van der Waals surface area contributed by atoms with Gasteiger partial charge in [-0.15, -0.1) is 0 Å². The summed E-state index contributed by atoms with van der Waals surface area (Å²) in [6.07, 6.45) is 7.93. The van der Waals surface area contributed by atoms with E-state index in [-0.39, 0.29) is 5.92 Å². The zero-order valence-electron chi connectivity index (χ0n) is 16.8. The van der Waals surface area contributed by atoms with Crippen molar-refractivity contribution in [3.63, 3.8) is 0 Å². The summed E-state index contributed by atoms with van der Waals surface area (Å²) in [4.78, 5) is 12.6. The van der Waals surface area contributed by atoms with Gasteiger partial charge in [-0.05, 0) is 74.4 Å². The molecule has 4 N–H and O–H groups in total. The molecule has 2 bridgehead atoms. The Morgan fingerprint density at radius 2 is 2.04 bits per heavy atom. The van der Waals surface area contributed by atoms with Crippen LogP contribution >= 0.6 is 0 Å². The van der Waals surface area contributed by atoms with Gasteiger partial charge in [0.05, 0.1) is 0 Å². The monoisotopic (exact) mass is 374 g/mol. The van der Waals surface area contributed by atoms with Crippen LogP contribution in [0.1, 0.15) is 57.1 Å². The van der Waals surface area contributed by atoms with Gasteiger partial charge in [0.2, 0.25) is 0 Å². The summed E-state index contributed by atoms with van der Waals surface area (Å²) in [5.41, 5.74) is 8.52. The van der Waals surface area contributed by atoms with E-state index in [9.17, 15) is 9.90 Å². The van der Waals surface area contributed by atoms with Gasteiger partial charge in [-0.25, -0.2) is 0 Å². The molecule has 0 spiro atoms. The standard InChI is InChI=1S/C17H23NO.C5H11NO2/c1-18-9-8-17-7-3-2-4-14(17)16(18)10-12-5-6-13(19)11-15(12)17;1-3(2)4(6)5(7)8/h5-6,11,14,16,19H,2-4,7-10H2,1H3;3-4H,6H2,1-2H3,(H,7,8)/t14-,16+,17+;4-/m00/s1. The molecule has 1 heterocycles. The molecule has 5 nitrogen and oxygen atoms in total. The molecule has 1 saturated heterocycles. The van der Waals surface area contributed by atoms with Crippen molar-refractivity contribution in [1.29, 1.82) is 0 Å². The normalized spacial score (nSPS) is 30.6. The Balaban J connectivity index is 0.000000226. The lowest BCUT2D eigenvalue weighted by Gasteiger charge is -2.58. The Hall–Kier alpha value is -1.59. The summed E-state index contributed by atoms with van der Waals surface area (Å²) in [6.45, 7) is 4.77. The number of aliphatic carboxylic acids is 1. The van der Waals surface area contributed by atoms with Crippen molar-refractivity contribution < 1.29 is 15.0 Å².